The van der Waals surface area contributed by atoms with Gasteiger partial charge in [-0.2, -0.15) is 0 Å². The first-order valence-electron chi connectivity index (χ1n) is 9.27. The van der Waals surface area contributed by atoms with Crippen LogP contribution in [0.5, 0.6) is 5.75 Å². The molecule has 7 heteroatoms. The van der Waals surface area contributed by atoms with E-state index in [1.54, 1.807) is 48.5 Å². The quantitative estimate of drug-likeness (QED) is 0.465. The minimum Gasteiger partial charge on any atom is -0.493 e. The van der Waals surface area contributed by atoms with E-state index < -0.39 is 0 Å². The summed E-state index contributed by atoms with van der Waals surface area (Å²) in [6, 6.07) is 13.9. The van der Waals surface area contributed by atoms with Crippen molar-refractivity contribution in [3.8, 4) is 5.75 Å². The van der Waals surface area contributed by atoms with E-state index in [1.165, 1.54) is 0 Å². The maximum absolute atomic E-state index is 12.5. The molecule has 0 radical (unpaired) electrons. The minimum atomic E-state index is -0.366. The number of hydrogen-bond donors (Lipinski definition) is 3. The number of hydrogen-bond acceptors (Lipinski definition) is 4. The van der Waals surface area contributed by atoms with Crippen molar-refractivity contribution in [3.63, 3.8) is 0 Å². The van der Waals surface area contributed by atoms with Crippen molar-refractivity contribution in [2.75, 3.05) is 18.5 Å². The van der Waals surface area contributed by atoms with Crippen molar-refractivity contribution in [1.82, 2.24) is 10.6 Å². The van der Waals surface area contributed by atoms with E-state index in [2.05, 4.69) is 22.9 Å². The van der Waals surface area contributed by atoms with Crippen LogP contribution in [-0.4, -0.2) is 30.1 Å². The summed E-state index contributed by atoms with van der Waals surface area (Å²) in [6.45, 7) is 5.02. The average Bonchev–Trinajstić information content (AvgIpc) is 2.68. The maximum atomic E-state index is 12.5. The number of ether oxygens (including phenoxy) is 1. The lowest BCUT2D eigenvalue weighted by Crippen LogP contribution is -2.34. The Labute approximate surface area is 170 Å². The van der Waals surface area contributed by atoms with Crippen LogP contribution < -0.4 is 20.7 Å². The van der Waals surface area contributed by atoms with Gasteiger partial charge in [0.05, 0.1) is 12.2 Å². The molecule has 3 N–H and O–H groups in total. The van der Waals surface area contributed by atoms with Gasteiger partial charge >= 0.3 is 0 Å². The summed E-state index contributed by atoms with van der Waals surface area (Å²) in [4.78, 5) is 24.6. The van der Waals surface area contributed by atoms with Gasteiger partial charge in [-0.3, -0.25) is 14.9 Å². The lowest BCUT2D eigenvalue weighted by molar-refractivity contribution is 0.0950. The molecule has 0 fully saturated rings. The highest BCUT2D eigenvalue weighted by molar-refractivity contribution is 7.80. The predicted octanol–water partition coefficient (Wildman–Crippen LogP) is 3.74. The summed E-state index contributed by atoms with van der Waals surface area (Å²) < 4.78 is 5.47. The number of thiocarbonyl (C=S) groups is 1. The van der Waals surface area contributed by atoms with Crippen molar-refractivity contribution < 1.29 is 14.3 Å². The van der Waals surface area contributed by atoms with Crippen LogP contribution in [-0.2, 0) is 0 Å². The molecule has 0 heterocycles. The normalized spacial score (nSPS) is 10.1. The van der Waals surface area contributed by atoms with E-state index >= 15 is 0 Å². The topological polar surface area (TPSA) is 79.5 Å². The number of carbonyl (C=O) groups excluding carboxylic acids is 2. The Kier molecular flexibility index (Phi) is 8.42. The largest absolute Gasteiger partial charge is 0.493 e. The number of anilines is 1. The van der Waals surface area contributed by atoms with Crippen LogP contribution >= 0.6 is 12.2 Å². The van der Waals surface area contributed by atoms with Gasteiger partial charge < -0.3 is 15.4 Å². The second-order valence-corrected chi connectivity index (χ2v) is 6.44. The standard InChI is InChI=1S/C21H25N3O3S/c1-3-5-13-22-19(25)15-9-8-10-16(14-15)23-21(28)24-20(26)17-11-6-7-12-18(17)27-4-2/h6-12,14H,3-5,13H2,1-2H3,(H,22,25)(H2,23,24,26,28). The Hall–Kier alpha value is -2.93. The Morgan fingerprint density at radius 2 is 1.82 bits per heavy atom. The van der Waals surface area contributed by atoms with E-state index in [0.29, 0.717) is 35.7 Å². The highest BCUT2D eigenvalue weighted by Gasteiger charge is 2.13. The fraction of sp³-hybridized carbons (Fsp3) is 0.286. The molecule has 0 unspecified atom stereocenters. The van der Waals surface area contributed by atoms with E-state index in [1.807, 2.05) is 6.92 Å². The van der Waals surface area contributed by atoms with Gasteiger partial charge in [-0.1, -0.05) is 31.5 Å². The number of carbonyl (C=O) groups is 2. The van der Waals surface area contributed by atoms with Crippen LogP contribution in [0.3, 0.4) is 0 Å². The smallest absolute Gasteiger partial charge is 0.261 e. The van der Waals surface area contributed by atoms with Crippen LogP contribution in [0.2, 0.25) is 0 Å². The van der Waals surface area contributed by atoms with E-state index in [-0.39, 0.29) is 16.9 Å². The highest BCUT2D eigenvalue weighted by atomic mass is 32.1. The molecule has 2 rings (SSSR count). The summed E-state index contributed by atoms with van der Waals surface area (Å²) in [6.07, 6.45) is 1.95. The lowest BCUT2D eigenvalue weighted by atomic mass is 10.2. The third-order valence-electron chi connectivity index (χ3n) is 3.86. The van der Waals surface area contributed by atoms with Crippen LogP contribution in [0.15, 0.2) is 48.5 Å². The van der Waals surface area contributed by atoms with Gasteiger partial charge in [0.25, 0.3) is 11.8 Å². The Balaban J connectivity index is 1.99. The summed E-state index contributed by atoms with van der Waals surface area (Å²) in [5.41, 5.74) is 1.54. The molecule has 2 aromatic carbocycles. The molecule has 6 nitrogen and oxygen atoms in total. The Bertz CT molecular complexity index is 839. The number of para-hydroxylation sites is 1. The Morgan fingerprint density at radius 3 is 2.57 bits per heavy atom. The minimum absolute atomic E-state index is 0.139. The molecular formula is C21H25N3O3S. The SMILES string of the molecule is CCCCNC(=O)c1cccc(NC(=S)NC(=O)c2ccccc2OCC)c1. The predicted molar refractivity (Wildman–Crippen MR) is 115 cm³/mol. The zero-order valence-electron chi connectivity index (χ0n) is 16.1. The van der Waals surface area contributed by atoms with Crippen LogP contribution in [0.1, 0.15) is 47.4 Å². The van der Waals surface area contributed by atoms with Gasteiger partial charge in [0.1, 0.15) is 5.75 Å². The van der Waals surface area contributed by atoms with Gasteiger partial charge in [-0.25, -0.2) is 0 Å². The van der Waals surface area contributed by atoms with Crippen molar-refractivity contribution in [3.05, 3.63) is 59.7 Å². The molecule has 0 spiro atoms. The molecule has 2 aromatic rings. The van der Waals surface area contributed by atoms with E-state index in [9.17, 15) is 9.59 Å². The third-order valence-corrected chi connectivity index (χ3v) is 4.06. The zero-order chi connectivity index (χ0) is 20.4. The molecule has 148 valence electrons. The molecule has 0 aliphatic rings. The fourth-order valence-corrected chi connectivity index (χ4v) is 2.70. The number of unbranched alkanes of at least 4 members (excludes halogenated alkanes) is 1. The molecule has 0 saturated heterocycles. The number of amides is 2. The third kappa shape index (κ3) is 6.35. The fourth-order valence-electron chi connectivity index (χ4n) is 2.49. The van der Waals surface area contributed by atoms with Crippen molar-refractivity contribution in [2.24, 2.45) is 0 Å². The average molecular weight is 400 g/mol. The van der Waals surface area contributed by atoms with Gasteiger partial charge in [0, 0.05) is 17.8 Å². The summed E-state index contributed by atoms with van der Waals surface area (Å²) in [7, 11) is 0. The van der Waals surface area contributed by atoms with E-state index in [0.717, 1.165) is 12.8 Å². The molecule has 0 atom stereocenters. The maximum Gasteiger partial charge on any atom is 0.261 e. The first-order valence-corrected chi connectivity index (χ1v) is 9.68. The molecular weight excluding hydrogens is 374 g/mol. The molecule has 0 aliphatic heterocycles. The lowest BCUT2D eigenvalue weighted by Gasteiger charge is -2.13. The van der Waals surface area contributed by atoms with Crippen LogP contribution in [0.4, 0.5) is 5.69 Å². The van der Waals surface area contributed by atoms with Crippen LogP contribution in [0, 0.1) is 0 Å². The molecule has 0 saturated carbocycles. The highest BCUT2D eigenvalue weighted by Crippen LogP contribution is 2.18. The zero-order valence-corrected chi connectivity index (χ0v) is 16.9. The molecule has 0 aliphatic carbocycles. The van der Waals surface area contributed by atoms with Crippen molar-refractivity contribution in [1.29, 1.82) is 0 Å². The van der Waals surface area contributed by atoms with Gasteiger partial charge in [0.15, 0.2) is 5.11 Å². The second-order valence-electron chi connectivity index (χ2n) is 6.03. The number of rotatable bonds is 8. The summed E-state index contributed by atoms with van der Waals surface area (Å²) in [5.74, 6) is -0.0104. The number of nitrogens with one attached hydrogen (secondary N) is 3. The molecule has 28 heavy (non-hydrogen) atoms. The van der Waals surface area contributed by atoms with Crippen LogP contribution in [0.25, 0.3) is 0 Å². The van der Waals surface area contributed by atoms with Crippen molar-refractivity contribution in [2.45, 2.75) is 26.7 Å². The summed E-state index contributed by atoms with van der Waals surface area (Å²) >= 11 is 5.23. The first-order chi connectivity index (χ1) is 13.5. The first kappa shape index (κ1) is 21.4. The molecule has 0 bridgehead atoms. The van der Waals surface area contributed by atoms with Crippen molar-refractivity contribution >= 4 is 34.8 Å². The van der Waals surface area contributed by atoms with Gasteiger partial charge in [-0.05, 0) is 55.9 Å². The van der Waals surface area contributed by atoms with Gasteiger partial charge in [0.2, 0.25) is 0 Å². The second kappa shape index (κ2) is 11.0. The summed E-state index contributed by atoms with van der Waals surface area (Å²) in [5, 5.41) is 8.58. The number of benzene rings is 2. The van der Waals surface area contributed by atoms with E-state index in [4.69, 9.17) is 17.0 Å². The van der Waals surface area contributed by atoms with Gasteiger partial charge in [-0.15, -0.1) is 0 Å². The molecule has 0 aromatic heterocycles. The molecule has 2 amide bonds. The monoisotopic (exact) mass is 399 g/mol. The Morgan fingerprint density at radius 1 is 1.04 bits per heavy atom.